The highest BCUT2D eigenvalue weighted by Crippen LogP contribution is 2.36. The van der Waals surface area contributed by atoms with E-state index >= 15 is 0 Å². The lowest BCUT2D eigenvalue weighted by atomic mass is 10.1. The van der Waals surface area contributed by atoms with Crippen LogP contribution in [0.3, 0.4) is 0 Å². The van der Waals surface area contributed by atoms with E-state index in [4.69, 9.17) is 0 Å². The van der Waals surface area contributed by atoms with Gasteiger partial charge in [0.15, 0.2) is 0 Å². The van der Waals surface area contributed by atoms with Gasteiger partial charge in [-0.2, -0.15) is 0 Å². The topological polar surface area (TPSA) is 6.48 Å². The van der Waals surface area contributed by atoms with E-state index in [9.17, 15) is 0 Å². The lowest BCUT2D eigenvalue weighted by molar-refractivity contribution is 0.282. The van der Waals surface area contributed by atoms with Gasteiger partial charge in [-0.1, -0.05) is 55.5 Å². The molecule has 0 spiro atoms. The lowest BCUT2D eigenvalue weighted by Crippen LogP contribution is -2.36. The molecule has 0 aromatic heterocycles. The molecule has 2 atom stereocenters. The lowest BCUT2D eigenvalue weighted by Gasteiger charge is -2.31. The summed E-state index contributed by atoms with van der Waals surface area (Å²) in [5, 5.41) is 0. The fourth-order valence-electron chi connectivity index (χ4n) is 3.23. The summed E-state index contributed by atoms with van der Waals surface area (Å²) in [6.45, 7) is 6.73. The van der Waals surface area contributed by atoms with Crippen molar-refractivity contribution in [3.8, 4) is 0 Å². The second-order valence-corrected chi connectivity index (χ2v) is 5.39. The summed E-state index contributed by atoms with van der Waals surface area (Å²) >= 11 is 0. The Morgan fingerprint density at radius 1 is 0.950 bits per heavy atom. The number of hydrogen-bond donors (Lipinski definition) is 0. The minimum atomic E-state index is 0.438. The first-order valence-corrected chi connectivity index (χ1v) is 7.43. The van der Waals surface area contributed by atoms with Crippen LogP contribution in [0.2, 0.25) is 0 Å². The summed E-state index contributed by atoms with van der Waals surface area (Å²) in [6.07, 6.45) is 0.438. The minimum absolute atomic E-state index is 0.438. The summed E-state index contributed by atoms with van der Waals surface area (Å²) in [4.78, 5) is 5.07. The first-order chi connectivity index (χ1) is 9.81. The minimum Gasteiger partial charge on any atom is -0.348 e. The van der Waals surface area contributed by atoms with Gasteiger partial charge in [-0.05, 0) is 31.2 Å². The molecule has 20 heavy (non-hydrogen) atoms. The number of rotatable bonds is 3. The molecule has 2 aromatic rings. The van der Waals surface area contributed by atoms with Crippen molar-refractivity contribution >= 4 is 5.69 Å². The Labute approximate surface area is 121 Å². The zero-order chi connectivity index (χ0) is 13.9. The quantitative estimate of drug-likeness (QED) is 0.831. The van der Waals surface area contributed by atoms with Gasteiger partial charge in [0.05, 0.1) is 12.2 Å². The first-order valence-electron chi connectivity index (χ1n) is 7.43. The number of likely N-dealkylation sites (N-methyl/N-ethyl adjacent to an activating group) is 1. The molecule has 3 rings (SSSR count). The Morgan fingerprint density at radius 3 is 2.15 bits per heavy atom. The van der Waals surface area contributed by atoms with Gasteiger partial charge in [-0.15, -0.1) is 0 Å². The monoisotopic (exact) mass is 266 g/mol. The van der Waals surface area contributed by atoms with E-state index in [0.29, 0.717) is 12.2 Å². The van der Waals surface area contributed by atoms with E-state index in [0.717, 1.165) is 13.1 Å². The Kier molecular flexibility index (Phi) is 3.75. The maximum atomic E-state index is 2.54. The van der Waals surface area contributed by atoms with Crippen LogP contribution in [-0.2, 0) is 0 Å². The van der Waals surface area contributed by atoms with Crippen molar-refractivity contribution in [1.82, 2.24) is 4.90 Å². The fourth-order valence-corrected chi connectivity index (χ4v) is 3.23. The summed E-state index contributed by atoms with van der Waals surface area (Å²) in [6, 6.07) is 22.0. The third-order valence-corrected chi connectivity index (χ3v) is 4.32. The van der Waals surface area contributed by atoms with Crippen LogP contribution in [0.5, 0.6) is 0 Å². The predicted octanol–water partition coefficient (Wildman–Crippen LogP) is 3.92. The highest BCUT2D eigenvalue weighted by atomic mass is 15.4. The molecule has 0 amide bonds. The van der Waals surface area contributed by atoms with Crippen LogP contribution in [0, 0.1) is 0 Å². The van der Waals surface area contributed by atoms with E-state index in [1.165, 1.54) is 11.3 Å². The van der Waals surface area contributed by atoms with Crippen molar-refractivity contribution in [2.75, 3.05) is 18.0 Å². The number of benzene rings is 2. The third kappa shape index (κ3) is 2.32. The molecule has 0 bridgehead atoms. The van der Waals surface area contributed by atoms with E-state index in [1.807, 2.05) is 0 Å². The molecule has 2 unspecified atom stereocenters. The van der Waals surface area contributed by atoms with E-state index in [-0.39, 0.29) is 0 Å². The Bertz CT molecular complexity index is 538. The Morgan fingerprint density at radius 2 is 1.55 bits per heavy atom. The summed E-state index contributed by atoms with van der Waals surface area (Å²) in [5.74, 6) is 0. The molecule has 1 aliphatic rings. The van der Waals surface area contributed by atoms with Crippen LogP contribution < -0.4 is 4.90 Å². The van der Waals surface area contributed by atoms with Crippen LogP contribution in [0.25, 0.3) is 0 Å². The number of para-hydroxylation sites is 1. The second-order valence-electron chi connectivity index (χ2n) is 5.39. The molecule has 0 aliphatic carbocycles. The van der Waals surface area contributed by atoms with Crippen molar-refractivity contribution in [2.24, 2.45) is 0 Å². The molecule has 2 nitrogen and oxygen atoms in total. The van der Waals surface area contributed by atoms with Crippen LogP contribution in [0.4, 0.5) is 5.69 Å². The Balaban J connectivity index is 1.99. The predicted molar refractivity (Wildman–Crippen MR) is 84.8 cm³/mol. The highest BCUT2D eigenvalue weighted by Gasteiger charge is 2.36. The molecule has 2 aromatic carbocycles. The maximum absolute atomic E-state index is 2.54. The van der Waals surface area contributed by atoms with E-state index in [1.54, 1.807) is 0 Å². The molecule has 0 N–H and O–H groups in total. The van der Waals surface area contributed by atoms with Crippen molar-refractivity contribution in [3.05, 3.63) is 66.2 Å². The number of nitrogens with zero attached hydrogens (tertiary/aromatic N) is 2. The van der Waals surface area contributed by atoms with E-state index in [2.05, 4.69) is 84.3 Å². The van der Waals surface area contributed by atoms with Crippen molar-refractivity contribution < 1.29 is 0 Å². The van der Waals surface area contributed by atoms with Gasteiger partial charge < -0.3 is 4.90 Å². The van der Waals surface area contributed by atoms with Gasteiger partial charge in [0.1, 0.15) is 0 Å². The third-order valence-electron chi connectivity index (χ3n) is 4.32. The molecule has 104 valence electrons. The maximum Gasteiger partial charge on any atom is 0.0799 e. The van der Waals surface area contributed by atoms with Gasteiger partial charge in [-0.25, -0.2) is 0 Å². The molecule has 1 heterocycles. The standard InChI is InChI=1S/C18H22N2/c1-3-19-14-18(16-10-6-4-7-11-16)20(15(19)2)17-12-8-5-9-13-17/h4-13,15,18H,3,14H2,1-2H3. The van der Waals surface area contributed by atoms with Crippen molar-refractivity contribution in [3.63, 3.8) is 0 Å². The number of hydrogen-bond acceptors (Lipinski definition) is 2. The molecular weight excluding hydrogens is 244 g/mol. The number of anilines is 1. The van der Waals surface area contributed by atoms with Crippen LogP contribution >= 0.6 is 0 Å². The summed E-state index contributed by atoms with van der Waals surface area (Å²) < 4.78 is 0. The van der Waals surface area contributed by atoms with Gasteiger partial charge in [0, 0.05) is 12.2 Å². The van der Waals surface area contributed by atoms with Gasteiger partial charge >= 0.3 is 0 Å². The van der Waals surface area contributed by atoms with Crippen LogP contribution in [-0.4, -0.2) is 24.2 Å². The molecule has 1 saturated heterocycles. The van der Waals surface area contributed by atoms with Gasteiger partial charge in [0.25, 0.3) is 0 Å². The Hall–Kier alpha value is -1.80. The molecule has 2 heteroatoms. The van der Waals surface area contributed by atoms with Gasteiger partial charge in [-0.3, -0.25) is 4.90 Å². The zero-order valence-electron chi connectivity index (χ0n) is 12.2. The summed E-state index contributed by atoms with van der Waals surface area (Å²) in [5.41, 5.74) is 2.71. The van der Waals surface area contributed by atoms with Crippen molar-refractivity contribution in [1.29, 1.82) is 0 Å². The fraction of sp³-hybridized carbons (Fsp3) is 0.333. The molecule has 0 radical (unpaired) electrons. The second kappa shape index (κ2) is 5.68. The largest absolute Gasteiger partial charge is 0.348 e. The normalized spacial score (nSPS) is 23.2. The molecule has 1 aliphatic heterocycles. The smallest absolute Gasteiger partial charge is 0.0799 e. The van der Waals surface area contributed by atoms with Crippen LogP contribution in [0.15, 0.2) is 60.7 Å². The molecule has 0 saturated carbocycles. The van der Waals surface area contributed by atoms with Crippen LogP contribution in [0.1, 0.15) is 25.5 Å². The van der Waals surface area contributed by atoms with E-state index < -0.39 is 0 Å². The van der Waals surface area contributed by atoms with Crippen molar-refractivity contribution in [2.45, 2.75) is 26.1 Å². The highest BCUT2D eigenvalue weighted by molar-refractivity contribution is 5.51. The molecule has 1 fully saturated rings. The zero-order valence-corrected chi connectivity index (χ0v) is 12.2. The SMILES string of the molecule is CCN1CC(c2ccccc2)N(c2ccccc2)C1C. The average Bonchev–Trinajstić information content (AvgIpc) is 2.86. The molecular formula is C18H22N2. The summed E-state index contributed by atoms with van der Waals surface area (Å²) in [7, 11) is 0. The first kappa shape index (κ1) is 13.2. The average molecular weight is 266 g/mol. The van der Waals surface area contributed by atoms with Gasteiger partial charge in [0.2, 0.25) is 0 Å².